The third kappa shape index (κ3) is 2.21. The van der Waals surface area contributed by atoms with Crippen molar-refractivity contribution in [2.75, 3.05) is 5.88 Å². The molecule has 3 heteroatoms. The lowest BCUT2D eigenvalue weighted by Gasteiger charge is -2.16. The van der Waals surface area contributed by atoms with Crippen LogP contribution in [0, 0.1) is 5.82 Å². The number of halogens is 2. The van der Waals surface area contributed by atoms with Gasteiger partial charge < -0.3 is 4.57 Å². The maximum atomic E-state index is 12.8. The zero-order chi connectivity index (χ0) is 10.7. The molecule has 0 radical (unpaired) electrons. The van der Waals surface area contributed by atoms with E-state index in [1.165, 1.54) is 12.1 Å². The molecule has 1 aromatic carbocycles. The molecule has 78 valence electrons. The molecule has 0 bridgehead atoms. The highest BCUT2D eigenvalue weighted by Gasteiger charge is 2.10. The molecule has 2 aromatic rings. The molecule has 2 rings (SSSR count). The van der Waals surface area contributed by atoms with Crippen molar-refractivity contribution < 1.29 is 4.39 Å². The predicted molar refractivity (Wildman–Crippen MR) is 59.7 cm³/mol. The lowest BCUT2D eigenvalue weighted by Crippen LogP contribution is -2.10. The molecule has 1 atom stereocenters. The number of rotatable bonds is 3. The largest absolute Gasteiger partial charge is 0.346 e. The van der Waals surface area contributed by atoms with Crippen molar-refractivity contribution in [3.05, 3.63) is 60.2 Å². The topological polar surface area (TPSA) is 4.93 Å². The van der Waals surface area contributed by atoms with E-state index in [1.807, 2.05) is 29.1 Å². The summed E-state index contributed by atoms with van der Waals surface area (Å²) in [5, 5.41) is 0. The van der Waals surface area contributed by atoms with E-state index in [4.69, 9.17) is 11.6 Å². The van der Waals surface area contributed by atoms with Crippen LogP contribution in [0.3, 0.4) is 0 Å². The van der Waals surface area contributed by atoms with Gasteiger partial charge in [-0.25, -0.2) is 4.39 Å². The van der Waals surface area contributed by atoms with Crippen LogP contribution < -0.4 is 0 Å². The van der Waals surface area contributed by atoms with Gasteiger partial charge in [-0.1, -0.05) is 12.1 Å². The highest BCUT2D eigenvalue weighted by molar-refractivity contribution is 6.18. The van der Waals surface area contributed by atoms with Crippen molar-refractivity contribution in [2.45, 2.75) is 6.04 Å². The Hall–Kier alpha value is -1.28. The maximum Gasteiger partial charge on any atom is 0.123 e. The molecule has 0 aliphatic carbocycles. The van der Waals surface area contributed by atoms with E-state index in [2.05, 4.69) is 0 Å². The van der Waals surface area contributed by atoms with Crippen molar-refractivity contribution in [2.24, 2.45) is 0 Å². The SMILES string of the molecule is Fc1ccc([C@@H](CCl)n2cccc2)cc1. The zero-order valence-corrected chi connectivity index (χ0v) is 8.86. The van der Waals surface area contributed by atoms with Crippen LogP contribution in [-0.4, -0.2) is 10.4 Å². The maximum absolute atomic E-state index is 12.8. The number of alkyl halides is 1. The second-order valence-corrected chi connectivity index (χ2v) is 3.66. The van der Waals surface area contributed by atoms with E-state index in [1.54, 1.807) is 12.1 Å². The van der Waals surface area contributed by atoms with Gasteiger partial charge in [0.25, 0.3) is 0 Å². The fourth-order valence-electron chi connectivity index (χ4n) is 1.58. The van der Waals surface area contributed by atoms with E-state index in [0.29, 0.717) is 5.88 Å². The molecule has 15 heavy (non-hydrogen) atoms. The highest BCUT2D eigenvalue weighted by Crippen LogP contribution is 2.20. The molecule has 0 N–H and O–H groups in total. The predicted octanol–water partition coefficient (Wildman–Crippen LogP) is 3.46. The molecule has 0 amide bonds. The Balaban J connectivity index is 2.31. The van der Waals surface area contributed by atoms with E-state index >= 15 is 0 Å². The first-order valence-corrected chi connectivity index (χ1v) is 5.28. The Bertz CT molecular complexity index is 408. The van der Waals surface area contributed by atoms with E-state index in [-0.39, 0.29) is 11.9 Å². The monoisotopic (exact) mass is 223 g/mol. The molecule has 0 unspecified atom stereocenters. The van der Waals surface area contributed by atoms with Crippen LogP contribution in [-0.2, 0) is 0 Å². The van der Waals surface area contributed by atoms with Gasteiger partial charge in [-0.15, -0.1) is 11.6 Å². The fraction of sp³-hybridized carbons (Fsp3) is 0.167. The van der Waals surface area contributed by atoms with E-state index < -0.39 is 0 Å². The van der Waals surface area contributed by atoms with Crippen LogP contribution in [0.2, 0.25) is 0 Å². The summed E-state index contributed by atoms with van der Waals surface area (Å²) in [5.74, 6) is 0.250. The molecule has 0 spiro atoms. The first kappa shape index (κ1) is 10.2. The Kier molecular flexibility index (Phi) is 3.07. The van der Waals surface area contributed by atoms with Crippen molar-refractivity contribution in [3.8, 4) is 0 Å². The summed E-state index contributed by atoms with van der Waals surface area (Å²) in [6.07, 6.45) is 3.91. The van der Waals surface area contributed by atoms with Crippen LogP contribution >= 0.6 is 11.6 Å². The second kappa shape index (κ2) is 4.49. The lowest BCUT2D eigenvalue weighted by molar-refractivity contribution is 0.618. The number of hydrogen-bond donors (Lipinski definition) is 0. The molecule has 0 saturated heterocycles. The summed E-state index contributed by atoms with van der Waals surface area (Å²) >= 11 is 5.92. The van der Waals surface area contributed by atoms with Crippen molar-refractivity contribution in [1.82, 2.24) is 4.57 Å². The minimum Gasteiger partial charge on any atom is -0.346 e. The molecule has 0 aliphatic heterocycles. The first-order chi connectivity index (χ1) is 7.31. The van der Waals surface area contributed by atoms with Crippen LogP contribution in [0.1, 0.15) is 11.6 Å². The summed E-state index contributed by atoms with van der Waals surface area (Å²) < 4.78 is 14.8. The standard InChI is InChI=1S/C12H11ClFN/c13-9-12(15-7-1-2-8-15)10-3-5-11(14)6-4-10/h1-8,12H,9H2/t12-/m1/s1. The van der Waals surface area contributed by atoms with Gasteiger partial charge in [-0.3, -0.25) is 0 Å². The number of nitrogens with zero attached hydrogens (tertiary/aromatic N) is 1. The summed E-state index contributed by atoms with van der Waals surface area (Å²) in [4.78, 5) is 0. The van der Waals surface area contributed by atoms with Gasteiger partial charge in [0.05, 0.1) is 6.04 Å². The normalized spacial score (nSPS) is 12.7. The lowest BCUT2D eigenvalue weighted by atomic mass is 10.1. The Labute approximate surface area is 93.1 Å². The second-order valence-electron chi connectivity index (χ2n) is 3.35. The molecular formula is C12H11ClFN. The van der Waals surface area contributed by atoms with Gasteiger partial charge in [-0.05, 0) is 29.8 Å². The Morgan fingerprint density at radius 3 is 2.27 bits per heavy atom. The van der Waals surface area contributed by atoms with Gasteiger partial charge >= 0.3 is 0 Å². The van der Waals surface area contributed by atoms with Crippen LogP contribution in [0.5, 0.6) is 0 Å². The average molecular weight is 224 g/mol. The van der Waals surface area contributed by atoms with Gasteiger partial charge in [-0.2, -0.15) is 0 Å². The van der Waals surface area contributed by atoms with Gasteiger partial charge in [0, 0.05) is 18.3 Å². The quantitative estimate of drug-likeness (QED) is 0.703. The summed E-state index contributed by atoms with van der Waals surface area (Å²) in [6, 6.07) is 10.4. The summed E-state index contributed by atoms with van der Waals surface area (Å²) in [7, 11) is 0. The minimum atomic E-state index is -0.223. The van der Waals surface area contributed by atoms with Crippen LogP contribution in [0.15, 0.2) is 48.8 Å². The molecular weight excluding hydrogens is 213 g/mol. The van der Waals surface area contributed by atoms with Gasteiger partial charge in [0.1, 0.15) is 5.82 Å². The van der Waals surface area contributed by atoms with Crippen LogP contribution in [0.25, 0.3) is 0 Å². The molecule has 0 fully saturated rings. The van der Waals surface area contributed by atoms with E-state index in [9.17, 15) is 4.39 Å². The molecule has 1 aromatic heterocycles. The van der Waals surface area contributed by atoms with Crippen LogP contribution in [0.4, 0.5) is 4.39 Å². The summed E-state index contributed by atoms with van der Waals surface area (Å²) in [5.41, 5.74) is 1.02. The van der Waals surface area contributed by atoms with Gasteiger partial charge in [0.2, 0.25) is 0 Å². The van der Waals surface area contributed by atoms with Gasteiger partial charge in [0.15, 0.2) is 0 Å². The molecule has 1 nitrogen and oxygen atoms in total. The van der Waals surface area contributed by atoms with Crippen molar-refractivity contribution in [3.63, 3.8) is 0 Å². The summed E-state index contributed by atoms with van der Waals surface area (Å²) in [6.45, 7) is 0. The Morgan fingerprint density at radius 1 is 1.13 bits per heavy atom. The Morgan fingerprint density at radius 2 is 1.73 bits per heavy atom. The number of benzene rings is 1. The molecule has 0 aliphatic rings. The first-order valence-electron chi connectivity index (χ1n) is 4.75. The minimum absolute atomic E-state index is 0.0715. The highest BCUT2D eigenvalue weighted by atomic mass is 35.5. The number of aromatic nitrogens is 1. The van der Waals surface area contributed by atoms with Crippen molar-refractivity contribution >= 4 is 11.6 Å². The zero-order valence-electron chi connectivity index (χ0n) is 8.11. The fourth-order valence-corrected chi connectivity index (χ4v) is 1.92. The molecule has 0 saturated carbocycles. The number of hydrogen-bond acceptors (Lipinski definition) is 0. The molecule has 1 heterocycles. The third-order valence-electron chi connectivity index (χ3n) is 2.39. The smallest absolute Gasteiger partial charge is 0.123 e. The average Bonchev–Trinajstić information content (AvgIpc) is 2.75. The van der Waals surface area contributed by atoms with E-state index in [0.717, 1.165) is 5.56 Å². The third-order valence-corrected chi connectivity index (χ3v) is 2.68. The van der Waals surface area contributed by atoms with Crippen molar-refractivity contribution in [1.29, 1.82) is 0 Å².